The quantitative estimate of drug-likeness (QED) is 0.213. The zero-order valence-electron chi connectivity index (χ0n) is 33.9. The molecule has 52 heavy (non-hydrogen) atoms. The number of amides is 2. The van der Waals surface area contributed by atoms with Crippen LogP contribution in [-0.2, 0) is 19.2 Å². The van der Waals surface area contributed by atoms with E-state index in [0.717, 1.165) is 32.1 Å². The second-order valence-electron chi connectivity index (χ2n) is 19.7. The molecule has 0 spiro atoms. The number of hydrogen-bond acceptors (Lipinski definition) is 8. The minimum atomic E-state index is -1.17. The van der Waals surface area contributed by atoms with Gasteiger partial charge in [0.05, 0.1) is 24.7 Å². The van der Waals surface area contributed by atoms with Gasteiger partial charge in [-0.1, -0.05) is 48.0 Å². The van der Waals surface area contributed by atoms with E-state index >= 15 is 4.39 Å². The molecule has 6 fully saturated rings. The SMILES string of the molecule is COC1C(CN2O[C@@H](CO)[C@@H]([C@H](C)O)[C@H]2C(=O)N[C@H]2C[C@H]3C[C@@H]([C@@H]2C)C3(C)C)CCCC1C1CCC(F)C(C(=O)N[C@H](CN(C)C)CC(C)(C)C)C1. The predicted octanol–water partition coefficient (Wildman–Crippen LogP) is 4.82. The number of halogens is 1. The number of hydrogen-bond donors (Lipinski definition) is 4. The highest BCUT2D eigenvalue weighted by molar-refractivity contribution is 5.83. The topological polar surface area (TPSA) is 124 Å². The third kappa shape index (κ3) is 9.01. The largest absolute Gasteiger partial charge is 0.394 e. The van der Waals surface area contributed by atoms with E-state index in [-0.39, 0.29) is 59.8 Å². The molecule has 6 aliphatic rings. The Morgan fingerprint density at radius 2 is 1.81 bits per heavy atom. The number of rotatable bonds is 13. The van der Waals surface area contributed by atoms with Crippen molar-refractivity contribution in [3.63, 3.8) is 0 Å². The Morgan fingerprint density at radius 3 is 2.38 bits per heavy atom. The van der Waals surface area contributed by atoms with Crippen molar-refractivity contribution in [1.29, 1.82) is 0 Å². The van der Waals surface area contributed by atoms with Crippen LogP contribution >= 0.6 is 0 Å². The molecule has 1 aliphatic heterocycles. The molecule has 5 saturated carbocycles. The fourth-order valence-electron chi connectivity index (χ4n) is 11.6. The minimum Gasteiger partial charge on any atom is -0.394 e. The molecule has 10 nitrogen and oxygen atoms in total. The minimum absolute atomic E-state index is 0.0257. The lowest BCUT2D eigenvalue weighted by Crippen LogP contribution is -2.62. The maximum absolute atomic E-state index is 15.6. The lowest BCUT2D eigenvalue weighted by Gasteiger charge is -2.62. The van der Waals surface area contributed by atoms with Crippen molar-refractivity contribution in [2.45, 2.75) is 149 Å². The molecule has 1 heterocycles. The number of fused-ring (bicyclic) bond motifs is 2. The Bertz CT molecular complexity index is 1210. The number of alkyl halides is 1. The molecule has 15 atom stereocenters. The van der Waals surface area contributed by atoms with Gasteiger partial charge in [-0.2, -0.15) is 5.06 Å². The third-order valence-electron chi connectivity index (χ3n) is 14.3. The van der Waals surface area contributed by atoms with Crippen LogP contribution in [0.1, 0.15) is 106 Å². The summed E-state index contributed by atoms with van der Waals surface area (Å²) in [7, 11) is 5.73. The van der Waals surface area contributed by atoms with Crippen molar-refractivity contribution in [2.75, 3.05) is 40.9 Å². The molecule has 0 aromatic rings. The van der Waals surface area contributed by atoms with Gasteiger partial charge in [-0.15, -0.1) is 0 Å². The van der Waals surface area contributed by atoms with Crippen LogP contribution in [0.5, 0.6) is 0 Å². The summed E-state index contributed by atoms with van der Waals surface area (Å²) in [5, 5.41) is 29.6. The lowest BCUT2D eigenvalue weighted by atomic mass is 9.45. The van der Waals surface area contributed by atoms with Crippen molar-refractivity contribution >= 4 is 11.8 Å². The Hall–Kier alpha value is -1.37. The predicted molar refractivity (Wildman–Crippen MR) is 201 cm³/mol. The van der Waals surface area contributed by atoms with Gasteiger partial charge in [0.15, 0.2) is 0 Å². The van der Waals surface area contributed by atoms with Crippen LogP contribution in [0.2, 0.25) is 0 Å². The number of nitrogens with zero attached hydrogens (tertiary/aromatic N) is 2. The molecule has 1 saturated heterocycles. The standard InChI is InChI=1S/C41H73FN4O6/c1-23-31-17-27(41(31,6)7)18-33(23)44-39(50)36-35(24(2)48)34(22-47)52-46(36)20-26-12-11-13-29(37(26)51-10)25-14-15-32(42)30(16-25)38(49)43-28(21-45(8)9)19-40(3,4)5/h23-37,47-48H,11-22H2,1-10H3,(H,43,49)(H,44,50)/t23-,24-,25?,26?,27+,28-,29?,30?,31-,32?,33-,34-,35+,36-,37?/m0/s1. The second kappa shape index (κ2) is 16.8. The summed E-state index contributed by atoms with van der Waals surface area (Å²) in [6.07, 6.45) is 4.47. The van der Waals surface area contributed by atoms with Crippen LogP contribution in [0.4, 0.5) is 4.39 Å². The summed E-state index contributed by atoms with van der Waals surface area (Å²) in [6, 6.07) is -0.729. The van der Waals surface area contributed by atoms with Crippen LogP contribution in [0.15, 0.2) is 0 Å². The highest BCUT2D eigenvalue weighted by atomic mass is 19.1. The number of nitrogens with one attached hydrogen (secondary N) is 2. The number of aliphatic hydroxyl groups excluding tert-OH is 2. The molecule has 4 N–H and O–H groups in total. The zero-order valence-corrected chi connectivity index (χ0v) is 33.9. The molecular weight excluding hydrogens is 663 g/mol. The zero-order chi connectivity index (χ0) is 38.3. The van der Waals surface area contributed by atoms with Gasteiger partial charge in [0.25, 0.3) is 0 Å². The van der Waals surface area contributed by atoms with Gasteiger partial charge in [-0.25, -0.2) is 4.39 Å². The van der Waals surface area contributed by atoms with Crippen LogP contribution in [0.25, 0.3) is 0 Å². The molecular formula is C41H73FN4O6. The van der Waals surface area contributed by atoms with Crippen molar-refractivity contribution in [3.8, 4) is 0 Å². The number of hydroxylamine groups is 2. The van der Waals surface area contributed by atoms with E-state index in [2.05, 4.69) is 57.1 Å². The van der Waals surface area contributed by atoms with E-state index in [0.29, 0.717) is 55.5 Å². The third-order valence-corrected chi connectivity index (χ3v) is 14.3. The normalized spacial score (nSPS) is 40.5. The number of aliphatic hydroxyl groups is 2. The fraction of sp³-hybridized carbons (Fsp3) is 0.951. The molecule has 6 unspecified atom stereocenters. The first-order valence-corrected chi connectivity index (χ1v) is 20.5. The van der Waals surface area contributed by atoms with Gasteiger partial charge in [0.1, 0.15) is 18.3 Å². The molecule has 300 valence electrons. The summed E-state index contributed by atoms with van der Waals surface area (Å²) in [5.74, 6) is 0.253. The average Bonchev–Trinajstić information content (AvgIpc) is 3.43. The van der Waals surface area contributed by atoms with Crippen molar-refractivity contribution < 1.29 is 33.8 Å². The molecule has 2 amide bonds. The van der Waals surface area contributed by atoms with Gasteiger partial charge < -0.3 is 30.5 Å². The first-order chi connectivity index (χ1) is 24.4. The number of likely N-dealkylation sites (N-methyl/N-ethyl adjacent to an activating group) is 1. The van der Waals surface area contributed by atoms with Crippen molar-refractivity contribution in [3.05, 3.63) is 0 Å². The maximum atomic E-state index is 15.6. The van der Waals surface area contributed by atoms with E-state index in [1.807, 2.05) is 14.1 Å². The number of ether oxygens (including phenoxy) is 1. The Balaban J connectivity index is 1.28. The monoisotopic (exact) mass is 737 g/mol. The van der Waals surface area contributed by atoms with Gasteiger partial charge in [-0.3, -0.25) is 14.4 Å². The summed E-state index contributed by atoms with van der Waals surface area (Å²) in [4.78, 5) is 36.4. The highest BCUT2D eigenvalue weighted by Gasteiger charge is 2.58. The summed E-state index contributed by atoms with van der Waals surface area (Å²) >= 11 is 0. The van der Waals surface area contributed by atoms with Gasteiger partial charge in [-0.05, 0) is 113 Å². The summed E-state index contributed by atoms with van der Waals surface area (Å²) in [5.41, 5.74) is 0.325. The van der Waals surface area contributed by atoms with Crippen LogP contribution in [-0.4, -0.2) is 116 Å². The average molecular weight is 737 g/mol. The van der Waals surface area contributed by atoms with Crippen LogP contribution in [0.3, 0.4) is 0 Å². The Labute approximate surface area is 313 Å². The van der Waals surface area contributed by atoms with Gasteiger partial charge in [0, 0.05) is 44.1 Å². The van der Waals surface area contributed by atoms with E-state index < -0.39 is 36.3 Å². The number of carbonyl (C=O) groups is 2. The Kier molecular flexibility index (Phi) is 13.5. The number of carbonyl (C=O) groups excluding carboxylic acids is 2. The van der Waals surface area contributed by atoms with Crippen LogP contribution < -0.4 is 10.6 Å². The molecule has 11 heteroatoms. The molecule has 0 aromatic heterocycles. The number of methoxy groups -OCH3 is 1. The van der Waals surface area contributed by atoms with E-state index in [1.165, 1.54) is 6.42 Å². The molecule has 0 aromatic carbocycles. The maximum Gasteiger partial charge on any atom is 0.240 e. The molecule has 5 aliphatic carbocycles. The summed E-state index contributed by atoms with van der Waals surface area (Å²) < 4.78 is 21.8. The molecule has 0 radical (unpaired) electrons. The Morgan fingerprint density at radius 1 is 1.10 bits per heavy atom. The first kappa shape index (κ1) is 41.8. The van der Waals surface area contributed by atoms with Crippen molar-refractivity contribution in [1.82, 2.24) is 20.6 Å². The van der Waals surface area contributed by atoms with E-state index in [9.17, 15) is 19.8 Å². The fourth-order valence-corrected chi connectivity index (χ4v) is 11.6. The summed E-state index contributed by atoms with van der Waals surface area (Å²) in [6.45, 7) is 15.9. The second-order valence-corrected chi connectivity index (χ2v) is 19.7. The lowest BCUT2D eigenvalue weighted by molar-refractivity contribution is -0.193. The highest BCUT2D eigenvalue weighted by Crippen LogP contribution is 2.61. The van der Waals surface area contributed by atoms with Crippen LogP contribution in [0, 0.1) is 58.2 Å². The van der Waals surface area contributed by atoms with Gasteiger partial charge >= 0.3 is 0 Å². The first-order valence-electron chi connectivity index (χ1n) is 20.5. The van der Waals surface area contributed by atoms with E-state index in [4.69, 9.17) is 9.57 Å². The smallest absolute Gasteiger partial charge is 0.240 e. The van der Waals surface area contributed by atoms with Crippen molar-refractivity contribution in [2.24, 2.45) is 58.2 Å². The molecule has 2 bridgehead atoms. The van der Waals surface area contributed by atoms with Gasteiger partial charge in [0.2, 0.25) is 11.8 Å². The molecule has 6 rings (SSSR count). The van der Waals surface area contributed by atoms with E-state index in [1.54, 1.807) is 19.1 Å².